The van der Waals surface area contributed by atoms with Crippen LogP contribution in [0.25, 0.3) is 17.4 Å². The van der Waals surface area contributed by atoms with Crippen molar-refractivity contribution in [3.05, 3.63) is 87.9 Å². The van der Waals surface area contributed by atoms with E-state index in [1.807, 2.05) is 0 Å². The largest absolute Gasteiger partial charge is 0.457 e. The van der Waals surface area contributed by atoms with Gasteiger partial charge in [-0.05, 0) is 54.7 Å². The zero-order valence-electron chi connectivity index (χ0n) is 15.6. The fraction of sp³-hybridized carbons (Fsp3) is 0. The molecule has 1 fully saturated rings. The molecule has 0 bridgehead atoms. The predicted molar refractivity (Wildman–Crippen MR) is 113 cm³/mol. The lowest BCUT2D eigenvalue weighted by Gasteiger charge is -2.28. The monoisotopic (exact) mass is 437 g/mol. The van der Waals surface area contributed by atoms with Crippen LogP contribution in [0.5, 0.6) is 0 Å². The van der Waals surface area contributed by atoms with E-state index in [1.54, 1.807) is 12.1 Å². The Kier molecular flexibility index (Phi) is 5.14. The van der Waals surface area contributed by atoms with Crippen molar-refractivity contribution in [3.63, 3.8) is 0 Å². The van der Waals surface area contributed by atoms with Gasteiger partial charge in [-0.2, -0.15) is 0 Å². The second-order valence-electron chi connectivity index (χ2n) is 6.44. The summed E-state index contributed by atoms with van der Waals surface area (Å²) in [5.41, 5.74) is 0.420. The van der Waals surface area contributed by atoms with E-state index in [0.717, 1.165) is 4.90 Å². The second-order valence-corrected chi connectivity index (χ2v) is 6.83. The van der Waals surface area contributed by atoms with Gasteiger partial charge < -0.3 is 4.42 Å². The minimum absolute atomic E-state index is 0.0981. The van der Waals surface area contributed by atoms with Crippen LogP contribution in [0.2, 0.25) is 0 Å². The van der Waals surface area contributed by atoms with Gasteiger partial charge in [0.05, 0.1) is 10.6 Å². The van der Waals surface area contributed by atoms with E-state index in [0.29, 0.717) is 17.0 Å². The molecule has 2 heterocycles. The number of halogens is 1. The molecule has 2 aromatic carbocycles. The lowest BCUT2D eigenvalue weighted by atomic mass is 10.1. The number of benzene rings is 2. The van der Waals surface area contributed by atoms with Gasteiger partial charge in [0.1, 0.15) is 22.9 Å². The fourth-order valence-electron chi connectivity index (χ4n) is 2.98. The highest BCUT2D eigenvalue weighted by atomic mass is 32.1. The molecule has 0 unspecified atom stereocenters. The molecule has 0 atom stereocenters. The van der Waals surface area contributed by atoms with Crippen LogP contribution in [0.4, 0.5) is 15.8 Å². The van der Waals surface area contributed by atoms with E-state index in [9.17, 15) is 24.1 Å². The molecule has 8 nitrogen and oxygen atoms in total. The smallest absolute Gasteiger partial charge is 0.270 e. The predicted octanol–water partition coefficient (Wildman–Crippen LogP) is 3.83. The van der Waals surface area contributed by atoms with Crippen LogP contribution >= 0.6 is 12.2 Å². The molecule has 0 spiro atoms. The number of hydrogen-bond donors (Lipinski definition) is 1. The number of carbonyl (C=O) groups is 2. The van der Waals surface area contributed by atoms with E-state index in [4.69, 9.17) is 16.6 Å². The van der Waals surface area contributed by atoms with Crippen molar-refractivity contribution in [1.82, 2.24) is 5.32 Å². The van der Waals surface area contributed by atoms with Crippen molar-refractivity contribution in [3.8, 4) is 11.3 Å². The first-order chi connectivity index (χ1) is 14.8. The van der Waals surface area contributed by atoms with Crippen LogP contribution in [-0.4, -0.2) is 21.9 Å². The average molecular weight is 437 g/mol. The Labute approximate surface area is 179 Å². The van der Waals surface area contributed by atoms with Crippen LogP contribution in [0, 0.1) is 15.9 Å². The van der Waals surface area contributed by atoms with Gasteiger partial charge >= 0.3 is 0 Å². The maximum atomic E-state index is 13.2. The Morgan fingerprint density at radius 1 is 1.10 bits per heavy atom. The highest BCUT2D eigenvalue weighted by Gasteiger charge is 2.34. The quantitative estimate of drug-likeness (QED) is 0.219. The zero-order chi connectivity index (χ0) is 22.1. The molecule has 0 saturated carbocycles. The Balaban J connectivity index is 1.66. The van der Waals surface area contributed by atoms with Crippen molar-refractivity contribution >= 4 is 46.6 Å². The maximum Gasteiger partial charge on any atom is 0.270 e. The lowest BCUT2D eigenvalue weighted by molar-refractivity contribution is -0.384. The zero-order valence-corrected chi connectivity index (χ0v) is 16.4. The Bertz CT molecular complexity index is 1270. The number of thiocarbonyl (C=S) groups is 1. The lowest BCUT2D eigenvalue weighted by Crippen LogP contribution is -2.54. The number of carbonyl (C=O) groups excluding carboxylic acids is 2. The van der Waals surface area contributed by atoms with Gasteiger partial charge in [-0.15, -0.1) is 0 Å². The van der Waals surface area contributed by atoms with Gasteiger partial charge in [0, 0.05) is 17.7 Å². The van der Waals surface area contributed by atoms with Gasteiger partial charge in [0.15, 0.2) is 5.11 Å². The molecule has 31 heavy (non-hydrogen) atoms. The number of anilines is 1. The molecule has 0 aliphatic carbocycles. The number of furan rings is 1. The van der Waals surface area contributed by atoms with Gasteiger partial charge in [-0.1, -0.05) is 12.1 Å². The molecule has 0 radical (unpaired) electrons. The number of non-ortho nitro benzene ring substituents is 1. The first kappa shape index (κ1) is 20.1. The van der Waals surface area contributed by atoms with E-state index in [-0.39, 0.29) is 22.1 Å². The SMILES string of the molecule is O=C1NC(=S)N(c2ccc(F)cc2)C(=O)/C1=C\c1ccc(-c2cccc([N+](=O)[O-])c2)o1. The van der Waals surface area contributed by atoms with Crippen molar-refractivity contribution < 1.29 is 23.3 Å². The van der Waals surface area contributed by atoms with E-state index in [1.165, 1.54) is 54.6 Å². The molecule has 154 valence electrons. The molecule has 3 aromatic rings. The van der Waals surface area contributed by atoms with Crippen LogP contribution in [-0.2, 0) is 9.59 Å². The summed E-state index contributed by atoms with van der Waals surface area (Å²) in [4.78, 5) is 36.8. The van der Waals surface area contributed by atoms with Gasteiger partial charge in [-0.25, -0.2) is 4.39 Å². The summed E-state index contributed by atoms with van der Waals surface area (Å²) >= 11 is 5.09. The molecular formula is C21H12FN3O5S. The number of nitro groups is 1. The molecule has 1 aromatic heterocycles. The molecule has 1 N–H and O–H groups in total. The minimum atomic E-state index is -0.707. The minimum Gasteiger partial charge on any atom is -0.457 e. The summed E-state index contributed by atoms with van der Waals surface area (Å²) < 4.78 is 18.9. The van der Waals surface area contributed by atoms with Crippen molar-refractivity contribution in [1.29, 1.82) is 0 Å². The van der Waals surface area contributed by atoms with Crippen molar-refractivity contribution in [2.45, 2.75) is 0 Å². The molecular weight excluding hydrogens is 425 g/mol. The van der Waals surface area contributed by atoms with Crippen molar-refractivity contribution in [2.75, 3.05) is 4.90 Å². The highest BCUT2D eigenvalue weighted by molar-refractivity contribution is 7.80. The first-order valence-electron chi connectivity index (χ1n) is 8.85. The van der Waals surface area contributed by atoms with Crippen LogP contribution in [0.1, 0.15) is 5.76 Å². The highest BCUT2D eigenvalue weighted by Crippen LogP contribution is 2.28. The molecule has 2 amide bonds. The maximum absolute atomic E-state index is 13.2. The van der Waals surface area contributed by atoms with Gasteiger partial charge in [0.2, 0.25) is 0 Å². The Morgan fingerprint density at radius 2 is 1.84 bits per heavy atom. The molecule has 10 heteroatoms. The normalized spacial score (nSPS) is 15.3. The third kappa shape index (κ3) is 3.96. The first-order valence-corrected chi connectivity index (χ1v) is 9.26. The molecule has 1 aliphatic heterocycles. The summed E-state index contributed by atoms with van der Waals surface area (Å²) in [6.45, 7) is 0. The van der Waals surface area contributed by atoms with Gasteiger partial charge in [-0.3, -0.25) is 29.9 Å². The number of nitrogens with zero attached hydrogens (tertiary/aromatic N) is 2. The van der Waals surface area contributed by atoms with E-state index in [2.05, 4.69) is 5.32 Å². The molecule has 1 saturated heterocycles. The number of hydrogen-bond acceptors (Lipinski definition) is 6. The summed E-state index contributed by atoms with van der Waals surface area (Å²) in [5.74, 6) is -1.38. The van der Waals surface area contributed by atoms with Crippen LogP contribution in [0.3, 0.4) is 0 Å². The second kappa shape index (κ2) is 7.92. The van der Waals surface area contributed by atoms with Crippen molar-refractivity contribution in [2.24, 2.45) is 0 Å². The fourth-order valence-corrected chi connectivity index (χ4v) is 3.26. The summed E-state index contributed by atoms with van der Waals surface area (Å²) in [6.07, 6.45) is 1.25. The average Bonchev–Trinajstić information content (AvgIpc) is 3.21. The molecule has 1 aliphatic rings. The Morgan fingerprint density at radius 3 is 2.55 bits per heavy atom. The third-order valence-corrected chi connectivity index (χ3v) is 4.73. The number of nitrogens with one attached hydrogen (secondary N) is 1. The Hall–Kier alpha value is -4.18. The topological polar surface area (TPSA) is 106 Å². The van der Waals surface area contributed by atoms with Gasteiger partial charge in [0.25, 0.3) is 17.5 Å². The standard InChI is InChI=1S/C21H12FN3O5S/c22-13-4-6-14(7-5-13)24-20(27)17(19(26)23-21(24)31)11-16-8-9-18(30-16)12-2-1-3-15(10-12)25(28)29/h1-11H,(H,23,26,31)/b17-11-. The van der Waals surface area contributed by atoms with E-state index >= 15 is 0 Å². The number of nitro benzene ring substituents is 1. The molecule has 4 rings (SSSR count). The van der Waals surface area contributed by atoms with Crippen LogP contribution < -0.4 is 10.2 Å². The summed E-state index contributed by atoms with van der Waals surface area (Å²) in [7, 11) is 0. The third-order valence-electron chi connectivity index (χ3n) is 4.44. The van der Waals surface area contributed by atoms with E-state index < -0.39 is 22.6 Å². The van der Waals surface area contributed by atoms with Crippen LogP contribution in [0.15, 0.2) is 70.7 Å². The number of amides is 2. The number of rotatable bonds is 4. The summed E-state index contributed by atoms with van der Waals surface area (Å²) in [5, 5.41) is 13.3. The summed E-state index contributed by atoms with van der Waals surface area (Å²) in [6, 6.07) is 14.0.